The van der Waals surface area contributed by atoms with Crippen molar-refractivity contribution in [3.63, 3.8) is 0 Å². The Hall–Kier alpha value is -2.79. The maximum Gasteiger partial charge on any atom is 0.197 e. The van der Waals surface area contributed by atoms with Gasteiger partial charge in [-0.3, -0.25) is 0 Å². The molecule has 1 aliphatic rings. The van der Waals surface area contributed by atoms with Crippen molar-refractivity contribution in [3.8, 4) is 11.1 Å². The molecule has 4 rings (SSSR count). The molecule has 0 saturated heterocycles. The summed E-state index contributed by atoms with van der Waals surface area (Å²) in [5, 5.41) is 1.13. The monoisotopic (exact) mass is 333 g/mol. The van der Waals surface area contributed by atoms with E-state index in [9.17, 15) is 0 Å². The molecule has 5 heteroatoms. The number of benzene rings is 2. The van der Waals surface area contributed by atoms with E-state index in [1.165, 1.54) is 27.8 Å². The largest absolute Gasteiger partial charge is 0.369 e. The number of aryl methyl sites for hydroxylation is 3. The molecule has 3 aromatic rings. The number of guanidine groups is 1. The highest BCUT2D eigenvalue weighted by Gasteiger charge is 2.27. The van der Waals surface area contributed by atoms with Crippen LogP contribution in [0.3, 0.4) is 0 Å². The Morgan fingerprint density at radius 1 is 1.08 bits per heavy atom. The normalized spacial score (nSPS) is 16.9. The summed E-state index contributed by atoms with van der Waals surface area (Å²) >= 11 is 0. The number of nitrogens with zero attached hydrogens (tertiary/aromatic N) is 3. The molecular formula is C20H23N5. The van der Waals surface area contributed by atoms with Gasteiger partial charge in [0.1, 0.15) is 6.17 Å². The van der Waals surface area contributed by atoms with E-state index in [-0.39, 0.29) is 6.17 Å². The van der Waals surface area contributed by atoms with E-state index in [0.29, 0.717) is 5.96 Å². The topological polar surface area (TPSA) is 72.6 Å². The Kier molecular flexibility index (Phi) is 3.37. The Balaban J connectivity index is 2.15. The molecule has 1 aliphatic heterocycles. The van der Waals surface area contributed by atoms with Crippen LogP contribution in [0.5, 0.6) is 0 Å². The summed E-state index contributed by atoms with van der Waals surface area (Å²) in [4.78, 5) is 6.43. The summed E-state index contributed by atoms with van der Waals surface area (Å²) in [5.74, 6) is 0.447. The SMILES string of the molecule is Cc1cccc(C)c1-c1cc2c(c3ccn(C)c13)C(N)N(C)C(N)=N2. The maximum atomic E-state index is 6.46. The van der Waals surface area contributed by atoms with Crippen molar-refractivity contribution in [1.29, 1.82) is 0 Å². The van der Waals surface area contributed by atoms with Gasteiger partial charge in [0, 0.05) is 36.8 Å². The third-order valence-corrected chi connectivity index (χ3v) is 5.23. The Morgan fingerprint density at radius 2 is 1.76 bits per heavy atom. The molecule has 4 N–H and O–H groups in total. The molecule has 0 amide bonds. The Morgan fingerprint density at radius 3 is 2.44 bits per heavy atom. The van der Waals surface area contributed by atoms with Crippen LogP contribution in [0.4, 0.5) is 5.69 Å². The number of hydrogen-bond donors (Lipinski definition) is 2. The fourth-order valence-corrected chi connectivity index (χ4v) is 3.87. The minimum atomic E-state index is -0.301. The van der Waals surface area contributed by atoms with Crippen molar-refractivity contribution < 1.29 is 0 Å². The average molecular weight is 333 g/mol. The van der Waals surface area contributed by atoms with Crippen LogP contribution in [0.1, 0.15) is 22.9 Å². The minimum Gasteiger partial charge on any atom is -0.369 e. The van der Waals surface area contributed by atoms with Gasteiger partial charge in [-0.15, -0.1) is 0 Å². The molecular weight excluding hydrogens is 310 g/mol. The molecule has 25 heavy (non-hydrogen) atoms. The molecule has 0 radical (unpaired) electrons. The van der Waals surface area contributed by atoms with Crippen LogP contribution >= 0.6 is 0 Å². The molecule has 5 nitrogen and oxygen atoms in total. The molecule has 0 aliphatic carbocycles. The zero-order chi connectivity index (χ0) is 17.9. The lowest BCUT2D eigenvalue weighted by Crippen LogP contribution is -2.42. The van der Waals surface area contributed by atoms with Crippen LogP contribution in [-0.2, 0) is 7.05 Å². The predicted molar refractivity (Wildman–Crippen MR) is 104 cm³/mol. The van der Waals surface area contributed by atoms with E-state index in [1.54, 1.807) is 0 Å². The lowest BCUT2D eigenvalue weighted by atomic mass is 9.91. The van der Waals surface area contributed by atoms with Gasteiger partial charge in [0.15, 0.2) is 5.96 Å². The number of rotatable bonds is 1. The summed E-state index contributed by atoms with van der Waals surface area (Å²) in [6.07, 6.45) is 1.78. The Labute approximate surface area is 147 Å². The molecule has 1 atom stereocenters. The standard InChI is InChI=1S/C20H23N5/c1-11-6-5-7-12(2)16(11)14-10-15-17(13-8-9-24(3)18(13)14)19(21)25(4)20(22)23-15/h5-10,19H,21H2,1-4H3,(H2,22,23). The number of fused-ring (bicyclic) bond motifs is 3. The second kappa shape index (κ2) is 5.36. The van der Waals surface area contributed by atoms with E-state index < -0.39 is 0 Å². The lowest BCUT2D eigenvalue weighted by molar-refractivity contribution is 0.378. The number of aliphatic imine (C=N–C) groups is 1. The van der Waals surface area contributed by atoms with Crippen molar-refractivity contribution in [2.75, 3.05) is 7.05 Å². The fourth-order valence-electron chi connectivity index (χ4n) is 3.87. The van der Waals surface area contributed by atoms with Crippen LogP contribution in [0.15, 0.2) is 41.5 Å². The van der Waals surface area contributed by atoms with E-state index in [2.05, 4.69) is 67.0 Å². The summed E-state index contributed by atoms with van der Waals surface area (Å²) < 4.78 is 2.16. The van der Waals surface area contributed by atoms with Crippen molar-refractivity contribution >= 4 is 22.5 Å². The second-order valence-electron chi connectivity index (χ2n) is 6.84. The van der Waals surface area contributed by atoms with E-state index in [0.717, 1.165) is 16.6 Å². The third kappa shape index (κ3) is 2.16. The number of nitrogens with two attached hydrogens (primary N) is 2. The lowest BCUT2D eigenvalue weighted by Gasteiger charge is -2.32. The van der Waals surface area contributed by atoms with Crippen molar-refractivity contribution in [1.82, 2.24) is 9.47 Å². The smallest absolute Gasteiger partial charge is 0.197 e. The first-order valence-electron chi connectivity index (χ1n) is 8.41. The van der Waals surface area contributed by atoms with Gasteiger partial charge in [-0.1, -0.05) is 18.2 Å². The van der Waals surface area contributed by atoms with Crippen LogP contribution < -0.4 is 11.5 Å². The molecule has 0 saturated carbocycles. The van der Waals surface area contributed by atoms with Gasteiger partial charge >= 0.3 is 0 Å². The van der Waals surface area contributed by atoms with Crippen LogP contribution in [0, 0.1) is 13.8 Å². The predicted octanol–water partition coefficient (Wildman–Crippen LogP) is 3.31. The molecule has 2 aromatic carbocycles. The quantitative estimate of drug-likeness (QED) is 0.717. The van der Waals surface area contributed by atoms with E-state index in [1.807, 2.05) is 11.9 Å². The first kappa shape index (κ1) is 15.7. The molecule has 1 unspecified atom stereocenters. The van der Waals surface area contributed by atoms with Crippen LogP contribution in [-0.4, -0.2) is 22.5 Å². The average Bonchev–Trinajstić information content (AvgIpc) is 2.94. The highest BCUT2D eigenvalue weighted by atomic mass is 15.3. The highest BCUT2D eigenvalue weighted by molar-refractivity contribution is 6.03. The van der Waals surface area contributed by atoms with Crippen molar-refractivity contribution in [2.24, 2.45) is 23.5 Å². The van der Waals surface area contributed by atoms with E-state index >= 15 is 0 Å². The van der Waals surface area contributed by atoms with Gasteiger partial charge in [0.05, 0.1) is 11.2 Å². The minimum absolute atomic E-state index is 0.301. The van der Waals surface area contributed by atoms with Gasteiger partial charge in [0.25, 0.3) is 0 Å². The maximum absolute atomic E-state index is 6.46. The third-order valence-electron chi connectivity index (χ3n) is 5.23. The summed E-state index contributed by atoms with van der Waals surface area (Å²) in [5.41, 5.74) is 20.5. The summed E-state index contributed by atoms with van der Waals surface area (Å²) in [6, 6.07) is 10.6. The molecule has 1 aromatic heterocycles. The highest BCUT2D eigenvalue weighted by Crippen LogP contribution is 2.43. The zero-order valence-corrected chi connectivity index (χ0v) is 15.0. The molecule has 2 heterocycles. The fraction of sp³-hybridized carbons (Fsp3) is 0.250. The zero-order valence-electron chi connectivity index (χ0n) is 15.0. The van der Waals surface area contributed by atoms with Crippen LogP contribution in [0.25, 0.3) is 22.0 Å². The molecule has 0 fully saturated rings. The van der Waals surface area contributed by atoms with Gasteiger partial charge in [-0.05, 0) is 42.7 Å². The first-order chi connectivity index (χ1) is 11.9. The van der Waals surface area contributed by atoms with Gasteiger partial charge < -0.3 is 20.9 Å². The number of aromatic nitrogens is 1. The first-order valence-corrected chi connectivity index (χ1v) is 8.41. The molecule has 0 bridgehead atoms. The summed E-state index contributed by atoms with van der Waals surface area (Å²) in [7, 11) is 3.95. The van der Waals surface area contributed by atoms with Gasteiger partial charge in [0.2, 0.25) is 0 Å². The molecule has 128 valence electrons. The van der Waals surface area contributed by atoms with Gasteiger partial charge in [-0.2, -0.15) is 0 Å². The van der Waals surface area contributed by atoms with Crippen molar-refractivity contribution in [2.45, 2.75) is 20.0 Å². The summed E-state index contributed by atoms with van der Waals surface area (Å²) in [6.45, 7) is 4.29. The van der Waals surface area contributed by atoms with Gasteiger partial charge in [-0.25, -0.2) is 4.99 Å². The Bertz CT molecular complexity index is 1010. The van der Waals surface area contributed by atoms with Crippen molar-refractivity contribution in [3.05, 3.63) is 53.2 Å². The number of hydrogen-bond acceptors (Lipinski definition) is 4. The van der Waals surface area contributed by atoms with E-state index in [4.69, 9.17) is 11.5 Å². The second-order valence-corrected chi connectivity index (χ2v) is 6.84. The molecule has 0 spiro atoms. The van der Waals surface area contributed by atoms with Crippen LogP contribution in [0.2, 0.25) is 0 Å².